The van der Waals surface area contributed by atoms with Gasteiger partial charge in [0.2, 0.25) is 0 Å². The van der Waals surface area contributed by atoms with Crippen molar-refractivity contribution < 1.29 is 9.53 Å². The third-order valence-electron chi connectivity index (χ3n) is 2.18. The van der Waals surface area contributed by atoms with Crippen LogP contribution in [-0.4, -0.2) is 11.3 Å². The zero-order valence-corrected chi connectivity index (χ0v) is 8.67. The first-order valence-electron chi connectivity index (χ1n) is 4.96. The van der Waals surface area contributed by atoms with Gasteiger partial charge in [0.15, 0.2) is 6.29 Å². The predicted octanol–water partition coefficient (Wildman–Crippen LogP) is 2.47. The minimum Gasteiger partial charge on any atom is -0.487 e. The van der Waals surface area contributed by atoms with Gasteiger partial charge < -0.3 is 4.74 Å². The number of aromatic nitrogens is 1. The van der Waals surface area contributed by atoms with E-state index in [0.717, 1.165) is 11.8 Å². The SMILES string of the molecule is O=Cc1ccncc1OCc1ccccc1. The van der Waals surface area contributed by atoms with E-state index in [-0.39, 0.29) is 0 Å². The Morgan fingerprint density at radius 3 is 2.75 bits per heavy atom. The van der Waals surface area contributed by atoms with Crippen LogP contribution in [0.2, 0.25) is 0 Å². The maximum absolute atomic E-state index is 10.7. The second-order valence-corrected chi connectivity index (χ2v) is 3.31. The molecule has 0 saturated heterocycles. The van der Waals surface area contributed by atoms with Crippen LogP contribution in [0.3, 0.4) is 0 Å². The molecule has 0 atom stereocenters. The van der Waals surface area contributed by atoms with Gasteiger partial charge in [-0.05, 0) is 11.6 Å². The van der Waals surface area contributed by atoms with Crippen LogP contribution in [-0.2, 0) is 6.61 Å². The van der Waals surface area contributed by atoms with Crippen molar-refractivity contribution in [2.24, 2.45) is 0 Å². The zero-order valence-electron chi connectivity index (χ0n) is 8.67. The number of hydrogen-bond acceptors (Lipinski definition) is 3. The predicted molar refractivity (Wildman–Crippen MR) is 60.4 cm³/mol. The molecule has 3 heteroatoms. The van der Waals surface area contributed by atoms with Gasteiger partial charge in [0.1, 0.15) is 12.4 Å². The molecule has 0 aliphatic rings. The Hall–Kier alpha value is -2.16. The molecule has 0 aliphatic heterocycles. The summed E-state index contributed by atoms with van der Waals surface area (Å²) in [6.07, 6.45) is 3.88. The molecule has 0 spiro atoms. The maximum Gasteiger partial charge on any atom is 0.153 e. The summed E-state index contributed by atoms with van der Waals surface area (Å²) in [6.45, 7) is 0.438. The minimum absolute atomic E-state index is 0.438. The van der Waals surface area contributed by atoms with E-state index in [1.807, 2.05) is 30.3 Å². The highest BCUT2D eigenvalue weighted by Gasteiger charge is 2.02. The molecule has 3 nitrogen and oxygen atoms in total. The first-order chi connectivity index (χ1) is 7.90. The molecule has 0 fully saturated rings. The number of benzene rings is 1. The Morgan fingerprint density at radius 2 is 2.00 bits per heavy atom. The fourth-order valence-electron chi connectivity index (χ4n) is 1.34. The Kier molecular flexibility index (Phi) is 3.28. The molecule has 0 saturated carbocycles. The fraction of sp³-hybridized carbons (Fsp3) is 0.0769. The summed E-state index contributed by atoms with van der Waals surface area (Å²) in [5.74, 6) is 0.515. The lowest BCUT2D eigenvalue weighted by Gasteiger charge is -2.07. The molecule has 16 heavy (non-hydrogen) atoms. The Morgan fingerprint density at radius 1 is 1.19 bits per heavy atom. The van der Waals surface area contributed by atoms with Crippen LogP contribution < -0.4 is 4.74 Å². The van der Waals surface area contributed by atoms with E-state index in [9.17, 15) is 4.79 Å². The van der Waals surface area contributed by atoms with Crippen molar-refractivity contribution in [1.29, 1.82) is 0 Å². The lowest BCUT2D eigenvalue weighted by Crippen LogP contribution is -1.98. The van der Waals surface area contributed by atoms with Crippen LogP contribution in [0, 0.1) is 0 Å². The van der Waals surface area contributed by atoms with Gasteiger partial charge in [-0.25, -0.2) is 0 Å². The molecular formula is C13H11NO2. The number of carbonyl (C=O) groups excluding carboxylic acids is 1. The average molecular weight is 213 g/mol. The largest absolute Gasteiger partial charge is 0.487 e. The molecule has 0 aliphatic carbocycles. The summed E-state index contributed by atoms with van der Waals surface area (Å²) in [7, 11) is 0. The second kappa shape index (κ2) is 5.07. The molecule has 2 rings (SSSR count). The second-order valence-electron chi connectivity index (χ2n) is 3.31. The average Bonchev–Trinajstić information content (AvgIpc) is 2.38. The van der Waals surface area contributed by atoms with Gasteiger partial charge in [0.25, 0.3) is 0 Å². The van der Waals surface area contributed by atoms with E-state index in [1.54, 1.807) is 18.5 Å². The summed E-state index contributed by atoms with van der Waals surface area (Å²) < 4.78 is 5.52. The third-order valence-corrected chi connectivity index (χ3v) is 2.18. The highest BCUT2D eigenvalue weighted by atomic mass is 16.5. The van der Waals surface area contributed by atoms with Crippen molar-refractivity contribution in [2.45, 2.75) is 6.61 Å². The maximum atomic E-state index is 10.7. The molecule has 2 aromatic rings. The topological polar surface area (TPSA) is 39.2 Å². The van der Waals surface area contributed by atoms with Gasteiger partial charge in [-0.15, -0.1) is 0 Å². The molecule has 0 unspecified atom stereocenters. The van der Waals surface area contributed by atoms with Crippen molar-refractivity contribution >= 4 is 6.29 Å². The standard InChI is InChI=1S/C13H11NO2/c15-9-12-6-7-14-8-13(12)16-10-11-4-2-1-3-5-11/h1-9H,10H2. The van der Waals surface area contributed by atoms with E-state index in [2.05, 4.69) is 4.98 Å². The van der Waals surface area contributed by atoms with E-state index in [4.69, 9.17) is 4.74 Å². The van der Waals surface area contributed by atoms with Gasteiger partial charge in [-0.1, -0.05) is 30.3 Å². The van der Waals surface area contributed by atoms with Crippen LogP contribution >= 0.6 is 0 Å². The van der Waals surface area contributed by atoms with Gasteiger partial charge >= 0.3 is 0 Å². The first kappa shape index (κ1) is 10.4. The first-order valence-corrected chi connectivity index (χ1v) is 4.96. The molecular weight excluding hydrogens is 202 g/mol. The summed E-state index contributed by atoms with van der Waals surface area (Å²) in [4.78, 5) is 14.7. The molecule has 1 aromatic carbocycles. The van der Waals surface area contributed by atoms with Crippen molar-refractivity contribution in [2.75, 3.05) is 0 Å². The number of pyridine rings is 1. The van der Waals surface area contributed by atoms with E-state index < -0.39 is 0 Å². The number of rotatable bonds is 4. The van der Waals surface area contributed by atoms with Gasteiger partial charge in [-0.3, -0.25) is 9.78 Å². The number of aldehydes is 1. The molecule has 0 radical (unpaired) electrons. The fourth-order valence-corrected chi connectivity index (χ4v) is 1.34. The number of ether oxygens (including phenoxy) is 1. The van der Waals surface area contributed by atoms with Crippen molar-refractivity contribution in [3.05, 3.63) is 59.9 Å². The van der Waals surface area contributed by atoms with Crippen LogP contribution in [0.4, 0.5) is 0 Å². The van der Waals surface area contributed by atoms with Crippen molar-refractivity contribution in [1.82, 2.24) is 4.98 Å². The van der Waals surface area contributed by atoms with Crippen LogP contribution in [0.1, 0.15) is 15.9 Å². The van der Waals surface area contributed by atoms with Crippen LogP contribution in [0.15, 0.2) is 48.8 Å². The summed E-state index contributed by atoms with van der Waals surface area (Å²) >= 11 is 0. The summed E-state index contributed by atoms with van der Waals surface area (Å²) in [5.41, 5.74) is 1.58. The lowest BCUT2D eigenvalue weighted by atomic mass is 10.2. The Labute approximate surface area is 93.7 Å². The highest BCUT2D eigenvalue weighted by molar-refractivity contribution is 5.78. The van der Waals surface area contributed by atoms with E-state index in [1.165, 1.54) is 0 Å². The summed E-state index contributed by atoms with van der Waals surface area (Å²) in [6, 6.07) is 11.4. The number of hydrogen-bond donors (Lipinski definition) is 0. The Bertz CT molecular complexity index is 468. The monoisotopic (exact) mass is 213 g/mol. The molecule has 80 valence electrons. The number of nitrogens with zero attached hydrogens (tertiary/aromatic N) is 1. The summed E-state index contributed by atoms with van der Waals surface area (Å²) in [5, 5.41) is 0. The van der Waals surface area contributed by atoms with E-state index in [0.29, 0.717) is 17.9 Å². The zero-order chi connectivity index (χ0) is 11.2. The smallest absolute Gasteiger partial charge is 0.153 e. The van der Waals surface area contributed by atoms with Crippen LogP contribution in [0.25, 0.3) is 0 Å². The normalized spacial score (nSPS) is 9.75. The molecule has 0 amide bonds. The minimum atomic E-state index is 0.438. The van der Waals surface area contributed by atoms with Crippen LogP contribution in [0.5, 0.6) is 5.75 Å². The van der Waals surface area contributed by atoms with Gasteiger partial charge in [0, 0.05) is 6.20 Å². The molecule has 1 heterocycles. The quantitative estimate of drug-likeness (QED) is 0.732. The van der Waals surface area contributed by atoms with Gasteiger partial charge in [0.05, 0.1) is 11.8 Å². The highest BCUT2D eigenvalue weighted by Crippen LogP contribution is 2.15. The molecule has 0 bridgehead atoms. The molecule has 0 N–H and O–H groups in total. The third kappa shape index (κ3) is 2.45. The lowest BCUT2D eigenvalue weighted by molar-refractivity contribution is 0.111. The van der Waals surface area contributed by atoms with Crippen molar-refractivity contribution in [3.63, 3.8) is 0 Å². The molecule has 1 aromatic heterocycles. The Balaban J connectivity index is 2.08. The van der Waals surface area contributed by atoms with Crippen molar-refractivity contribution in [3.8, 4) is 5.75 Å². The number of carbonyl (C=O) groups is 1. The van der Waals surface area contributed by atoms with Gasteiger partial charge in [-0.2, -0.15) is 0 Å². The van der Waals surface area contributed by atoms with E-state index >= 15 is 0 Å².